The van der Waals surface area contributed by atoms with Crippen molar-refractivity contribution in [2.24, 2.45) is 0 Å². The van der Waals surface area contributed by atoms with Gasteiger partial charge in [0.1, 0.15) is 0 Å². The van der Waals surface area contributed by atoms with Crippen LogP contribution >= 0.6 is 0 Å². The van der Waals surface area contributed by atoms with Gasteiger partial charge in [0.05, 0.1) is 6.26 Å². The molecule has 0 saturated carbocycles. The van der Waals surface area contributed by atoms with Crippen molar-refractivity contribution in [1.29, 1.82) is 0 Å². The third-order valence-corrected chi connectivity index (χ3v) is 2.10. The molecule has 0 aliphatic carbocycles. The fourth-order valence-electron chi connectivity index (χ4n) is 0.769. The molecule has 0 unspecified atom stereocenters. The van der Waals surface area contributed by atoms with Gasteiger partial charge >= 0.3 is 22.2 Å². The molecular formula is C4H2O6S. The first-order chi connectivity index (χ1) is 5.04. The fourth-order valence-corrected chi connectivity index (χ4v) is 1.63. The van der Waals surface area contributed by atoms with Gasteiger partial charge in [0.25, 0.3) is 0 Å². The number of esters is 1. The lowest BCUT2D eigenvalue weighted by atomic mass is 10.3. The first kappa shape index (κ1) is 6.77. The second-order valence-corrected chi connectivity index (χ2v) is 3.10. The summed E-state index contributed by atoms with van der Waals surface area (Å²) < 4.78 is 33.2. The van der Waals surface area contributed by atoms with Crippen LogP contribution in [-0.2, 0) is 28.3 Å². The summed E-state index contributed by atoms with van der Waals surface area (Å²) in [5, 5.41) is 0. The summed E-state index contributed by atoms with van der Waals surface area (Å²) in [6, 6.07) is 0. The molecule has 0 N–H and O–H groups in total. The molecule has 0 aromatic rings. The van der Waals surface area contributed by atoms with Crippen LogP contribution in [0.25, 0.3) is 0 Å². The Morgan fingerprint density at radius 2 is 2.00 bits per heavy atom. The minimum Gasteiger partial charge on any atom is -0.430 e. The van der Waals surface area contributed by atoms with Crippen molar-refractivity contribution in [2.75, 3.05) is 0 Å². The van der Waals surface area contributed by atoms with Crippen molar-refractivity contribution in [3.05, 3.63) is 12.3 Å². The van der Waals surface area contributed by atoms with E-state index in [0.29, 0.717) is 0 Å². The van der Waals surface area contributed by atoms with E-state index < -0.39 is 22.2 Å². The van der Waals surface area contributed by atoms with E-state index in [1.807, 2.05) is 0 Å². The van der Waals surface area contributed by atoms with Gasteiger partial charge in [-0.2, -0.15) is 16.8 Å². The van der Waals surface area contributed by atoms with Gasteiger partial charge in [0, 0.05) is 6.08 Å². The lowest BCUT2D eigenvalue weighted by molar-refractivity contribution is -0.190. The minimum absolute atomic E-state index is 0.882. The van der Waals surface area contributed by atoms with Gasteiger partial charge in [0.2, 0.25) is 0 Å². The van der Waals surface area contributed by atoms with Crippen LogP contribution in [0.3, 0.4) is 0 Å². The number of carbonyl (C=O) groups excluding carboxylic acids is 1. The third kappa shape index (κ3) is 0.785. The number of hydrogen-bond acceptors (Lipinski definition) is 6. The van der Waals surface area contributed by atoms with E-state index in [4.69, 9.17) is 0 Å². The van der Waals surface area contributed by atoms with Gasteiger partial charge < -0.3 is 4.74 Å². The number of rotatable bonds is 0. The average molecular weight is 178 g/mol. The van der Waals surface area contributed by atoms with Gasteiger partial charge in [-0.15, -0.1) is 0 Å². The van der Waals surface area contributed by atoms with E-state index in [1.54, 1.807) is 0 Å². The predicted octanol–water partition coefficient (Wildman–Crippen LogP) is -0.955. The molecule has 2 rings (SSSR count). The standard InChI is InChI=1S/C4H2O6S/c5-3-4(1-2-8-3)9-11(6,7)10-4/h1-2H. The maximum absolute atomic E-state index is 10.7. The molecule has 60 valence electrons. The Kier molecular flexibility index (Phi) is 1.00. The molecule has 11 heavy (non-hydrogen) atoms. The quantitative estimate of drug-likeness (QED) is 0.445. The molecule has 0 atom stereocenters. The molecule has 0 radical (unpaired) electrons. The number of cyclic esters (lactones) is 1. The fraction of sp³-hybridized carbons (Fsp3) is 0.250. The Morgan fingerprint density at radius 1 is 1.36 bits per heavy atom. The Balaban J connectivity index is 2.30. The van der Waals surface area contributed by atoms with Crippen molar-refractivity contribution in [3.8, 4) is 0 Å². The summed E-state index contributed by atoms with van der Waals surface area (Å²) in [5.41, 5.74) is 0. The highest BCUT2D eigenvalue weighted by molar-refractivity contribution is 7.83. The highest BCUT2D eigenvalue weighted by Gasteiger charge is 2.60. The molecule has 1 saturated heterocycles. The summed E-state index contributed by atoms with van der Waals surface area (Å²) in [6.45, 7) is 0. The van der Waals surface area contributed by atoms with Gasteiger partial charge in [-0.1, -0.05) is 0 Å². The molecule has 1 spiro atoms. The molecule has 1 fully saturated rings. The molecule has 6 nitrogen and oxygen atoms in total. The van der Waals surface area contributed by atoms with Crippen molar-refractivity contribution in [2.45, 2.75) is 5.79 Å². The lowest BCUT2D eigenvalue weighted by Crippen LogP contribution is -2.53. The summed E-state index contributed by atoms with van der Waals surface area (Å²) in [4.78, 5) is 10.7. The largest absolute Gasteiger partial charge is 0.430 e. The summed E-state index contributed by atoms with van der Waals surface area (Å²) >= 11 is 0. The second-order valence-electron chi connectivity index (χ2n) is 1.95. The highest BCUT2D eigenvalue weighted by atomic mass is 32.3. The Hall–Kier alpha value is -0.920. The number of ether oxygens (including phenoxy) is 1. The Labute approximate surface area is 61.7 Å². The molecule has 0 bridgehead atoms. The van der Waals surface area contributed by atoms with Crippen LogP contribution in [0.1, 0.15) is 0 Å². The van der Waals surface area contributed by atoms with Crippen LogP contribution in [-0.4, -0.2) is 20.2 Å². The van der Waals surface area contributed by atoms with Gasteiger partial charge in [0.15, 0.2) is 0 Å². The SMILES string of the molecule is O=C1OC=CC12OS(=O)(=O)O2. The number of carbonyl (C=O) groups is 1. The first-order valence-electron chi connectivity index (χ1n) is 2.59. The van der Waals surface area contributed by atoms with E-state index >= 15 is 0 Å². The maximum atomic E-state index is 10.7. The van der Waals surface area contributed by atoms with Crippen LogP contribution in [0.15, 0.2) is 12.3 Å². The maximum Gasteiger partial charge on any atom is 0.406 e. The average Bonchev–Trinajstić information content (AvgIpc) is 2.10. The van der Waals surface area contributed by atoms with Crippen molar-refractivity contribution >= 4 is 16.4 Å². The van der Waals surface area contributed by atoms with Gasteiger partial charge in [-0.3, -0.25) is 0 Å². The van der Waals surface area contributed by atoms with E-state index in [9.17, 15) is 13.2 Å². The smallest absolute Gasteiger partial charge is 0.406 e. The Morgan fingerprint density at radius 3 is 2.36 bits per heavy atom. The molecule has 7 heteroatoms. The zero-order chi connectivity index (χ0) is 8.11. The Bertz CT molecular complexity index is 326. The zero-order valence-electron chi connectivity index (χ0n) is 5.01. The molecule has 2 heterocycles. The highest BCUT2D eigenvalue weighted by Crippen LogP contribution is 2.36. The van der Waals surface area contributed by atoms with Crippen molar-refractivity contribution < 1.29 is 26.3 Å². The van der Waals surface area contributed by atoms with Crippen molar-refractivity contribution in [1.82, 2.24) is 0 Å². The summed E-state index contributed by atoms with van der Waals surface area (Å²) in [5.74, 6) is -2.70. The van der Waals surface area contributed by atoms with E-state index in [2.05, 4.69) is 13.1 Å². The summed E-state index contributed by atoms with van der Waals surface area (Å²) in [7, 11) is -3.96. The predicted molar refractivity (Wildman–Crippen MR) is 29.1 cm³/mol. The van der Waals surface area contributed by atoms with Crippen LogP contribution in [0.4, 0.5) is 0 Å². The van der Waals surface area contributed by atoms with Crippen LogP contribution in [0.2, 0.25) is 0 Å². The molecule has 2 aliphatic rings. The van der Waals surface area contributed by atoms with Crippen molar-refractivity contribution in [3.63, 3.8) is 0 Å². The van der Waals surface area contributed by atoms with E-state index in [1.165, 1.54) is 0 Å². The van der Waals surface area contributed by atoms with E-state index in [-0.39, 0.29) is 0 Å². The molecular weight excluding hydrogens is 176 g/mol. The zero-order valence-corrected chi connectivity index (χ0v) is 5.83. The number of hydrogen-bond donors (Lipinski definition) is 0. The van der Waals surface area contributed by atoms with Crippen LogP contribution in [0.5, 0.6) is 0 Å². The van der Waals surface area contributed by atoms with Crippen LogP contribution < -0.4 is 0 Å². The molecule has 0 aromatic heterocycles. The second kappa shape index (κ2) is 1.63. The van der Waals surface area contributed by atoms with Gasteiger partial charge in [-0.25, -0.2) is 4.79 Å². The summed E-state index contributed by atoms with van der Waals surface area (Å²) in [6.07, 6.45) is 2.09. The molecule has 0 aromatic carbocycles. The van der Waals surface area contributed by atoms with Gasteiger partial charge in [-0.05, 0) is 0 Å². The topological polar surface area (TPSA) is 78.9 Å². The van der Waals surface area contributed by atoms with E-state index in [0.717, 1.165) is 12.3 Å². The molecule has 2 aliphatic heterocycles. The monoisotopic (exact) mass is 178 g/mol. The first-order valence-corrected chi connectivity index (χ1v) is 3.92. The normalized spacial score (nSPS) is 30.0. The van der Waals surface area contributed by atoms with Crippen LogP contribution in [0, 0.1) is 0 Å². The minimum atomic E-state index is -3.96. The lowest BCUT2D eigenvalue weighted by Gasteiger charge is -2.29. The third-order valence-electron chi connectivity index (χ3n) is 1.20. The molecule has 0 amide bonds.